The average molecular weight is 398 g/mol. The highest BCUT2D eigenvalue weighted by Crippen LogP contribution is 2.27. The largest absolute Gasteiger partial charge is 0.507 e. The summed E-state index contributed by atoms with van der Waals surface area (Å²) in [6.07, 6.45) is 3.74. The van der Waals surface area contributed by atoms with E-state index in [9.17, 15) is 15.0 Å². The highest BCUT2D eigenvalue weighted by molar-refractivity contribution is 5.95. The number of phenols is 1. The van der Waals surface area contributed by atoms with Gasteiger partial charge < -0.3 is 26.2 Å². The molecule has 1 aliphatic carbocycles. The van der Waals surface area contributed by atoms with Gasteiger partial charge in [0.2, 0.25) is 0 Å². The van der Waals surface area contributed by atoms with Crippen LogP contribution in [0.2, 0.25) is 0 Å². The van der Waals surface area contributed by atoms with Crippen molar-refractivity contribution in [2.24, 2.45) is 11.7 Å². The highest BCUT2D eigenvalue weighted by Gasteiger charge is 2.23. The van der Waals surface area contributed by atoms with Crippen molar-refractivity contribution in [2.45, 2.75) is 37.8 Å². The number of primary amides is 1. The molecular weight excluding hydrogens is 366 g/mol. The third kappa shape index (κ3) is 5.71. The Bertz CT molecular complexity index is 804. The third-order valence-electron chi connectivity index (χ3n) is 5.85. The van der Waals surface area contributed by atoms with Gasteiger partial charge in [-0.3, -0.25) is 4.79 Å². The monoisotopic (exact) mass is 397 g/mol. The summed E-state index contributed by atoms with van der Waals surface area (Å²) in [7, 11) is 2.15. The molecule has 1 atom stereocenters. The predicted octanol–water partition coefficient (Wildman–Crippen LogP) is 2.81. The molecular formula is C23H31N3O3. The minimum atomic E-state index is -0.754. The molecule has 2 aromatic carbocycles. The lowest BCUT2D eigenvalue weighted by molar-refractivity contribution is 0.0997. The first-order valence-corrected chi connectivity index (χ1v) is 10.2. The Morgan fingerprint density at radius 3 is 2.52 bits per heavy atom. The van der Waals surface area contributed by atoms with Crippen LogP contribution < -0.4 is 16.0 Å². The molecule has 29 heavy (non-hydrogen) atoms. The number of aliphatic hydroxyl groups is 1. The smallest absolute Gasteiger partial charge is 0.252 e. The van der Waals surface area contributed by atoms with E-state index >= 15 is 0 Å². The lowest BCUT2D eigenvalue weighted by Gasteiger charge is -2.33. The van der Waals surface area contributed by atoms with E-state index in [1.54, 1.807) is 6.07 Å². The number of hydrogen-bond donors (Lipinski definition) is 4. The molecule has 6 heteroatoms. The summed E-state index contributed by atoms with van der Waals surface area (Å²) < 4.78 is 0. The fourth-order valence-corrected chi connectivity index (χ4v) is 4.08. The van der Waals surface area contributed by atoms with Crippen molar-refractivity contribution in [1.29, 1.82) is 0 Å². The second-order valence-electron chi connectivity index (χ2n) is 8.00. The Balaban J connectivity index is 1.44. The van der Waals surface area contributed by atoms with Gasteiger partial charge in [-0.05, 0) is 61.4 Å². The van der Waals surface area contributed by atoms with E-state index < -0.39 is 12.0 Å². The van der Waals surface area contributed by atoms with Crippen molar-refractivity contribution >= 4 is 11.6 Å². The molecule has 0 heterocycles. The minimum absolute atomic E-state index is 0.0320. The van der Waals surface area contributed by atoms with Crippen LogP contribution in [0, 0.1) is 5.92 Å². The molecule has 0 saturated heterocycles. The van der Waals surface area contributed by atoms with Crippen molar-refractivity contribution in [2.75, 3.05) is 25.0 Å². The van der Waals surface area contributed by atoms with Crippen LogP contribution in [0.5, 0.6) is 5.75 Å². The highest BCUT2D eigenvalue weighted by atomic mass is 16.3. The molecule has 3 rings (SSSR count). The Morgan fingerprint density at radius 2 is 1.86 bits per heavy atom. The van der Waals surface area contributed by atoms with E-state index in [2.05, 4.69) is 41.5 Å². The Hall–Kier alpha value is -2.57. The number of nitrogens with zero attached hydrogens (tertiary/aromatic N) is 1. The maximum Gasteiger partial charge on any atom is 0.252 e. The number of hydrogen-bond acceptors (Lipinski definition) is 5. The van der Waals surface area contributed by atoms with Gasteiger partial charge in [0, 0.05) is 31.9 Å². The number of rotatable bonds is 8. The van der Waals surface area contributed by atoms with Crippen molar-refractivity contribution < 1.29 is 15.0 Å². The molecule has 6 nitrogen and oxygen atoms in total. The first kappa shape index (κ1) is 21.1. The molecule has 0 aromatic heterocycles. The number of carbonyl (C=O) groups is 1. The number of benzene rings is 2. The number of carbonyl (C=O) groups excluding carboxylic acids is 1. The van der Waals surface area contributed by atoms with Crippen molar-refractivity contribution in [3.8, 4) is 5.75 Å². The van der Waals surface area contributed by atoms with Crippen LogP contribution in [0.1, 0.15) is 47.7 Å². The first-order valence-electron chi connectivity index (χ1n) is 10.2. The molecule has 0 spiro atoms. The van der Waals surface area contributed by atoms with Crippen LogP contribution in [-0.2, 0) is 0 Å². The zero-order chi connectivity index (χ0) is 20.8. The van der Waals surface area contributed by atoms with Crippen LogP contribution >= 0.6 is 0 Å². The maximum atomic E-state index is 11.4. The lowest BCUT2D eigenvalue weighted by Crippen LogP contribution is -2.38. The third-order valence-corrected chi connectivity index (χ3v) is 5.85. The standard InChI is InChI=1S/C23H31N3O3/c1-26(19-5-3-2-4-6-19)15-16-7-10-18(11-8-16)25-14-22(28)17-9-12-21(27)20(13-17)23(24)29/h2-6,9,12-13,16,18,22,25,27-28H,7-8,10-11,14-15H2,1H3,(H2,24,29). The van der Waals surface area contributed by atoms with E-state index in [0.29, 0.717) is 24.1 Å². The Morgan fingerprint density at radius 1 is 1.17 bits per heavy atom. The fraction of sp³-hybridized carbons (Fsp3) is 0.435. The predicted molar refractivity (Wildman–Crippen MR) is 115 cm³/mol. The van der Waals surface area contributed by atoms with Crippen molar-refractivity contribution in [3.63, 3.8) is 0 Å². The number of aliphatic hydroxyl groups excluding tert-OH is 1. The zero-order valence-corrected chi connectivity index (χ0v) is 16.9. The molecule has 1 fully saturated rings. The SMILES string of the molecule is CN(CC1CCC(NCC(O)c2ccc(O)c(C(N)=O)c2)CC1)c1ccccc1. The first-order chi connectivity index (χ1) is 13.9. The van der Waals surface area contributed by atoms with Crippen LogP contribution in [-0.4, -0.2) is 42.3 Å². The number of aromatic hydroxyl groups is 1. The molecule has 5 N–H and O–H groups in total. The molecule has 0 bridgehead atoms. The number of anilines is 1. The van der Waals surface area contributed by atoms with Gasteiger partial charge in [-0.2, -0.15) is 0 Å². The Labute approximate surface area is 172 Å². The van der Waals surface area contributed by atoms with Gasteiger partial charge in [0.05, 0.1) is 11.7 Å². The topological polar surface area (TPSA) is 98.8 Å². The van der Waals surface area contributed by atoms with E-state index in [1.165, 1.54) is 17.8 Å². The molecule has 2 aromatic rings. The second-order valence-corrected chi connectivity index (χ2v) is 8.00. The Kier molecular flexibility index (Phi) is 7.12. The molecule has 1 amide bonds. The summed E-state index contributed by atoms with van der Waals surface area (Å²) in [4.78, 5) is 13.7. The van der Waals surface area contributed by atoms with Crippen LogP contribution in [0.25, 0.3) is 0 Å². The summed E-state index contributed by atoms with van der Waals surface area (Å²) in [6.45, 7) is 1.46. The molecule has 1 unspecified atom stereocenters. The van der Waals surface area contributed by atoms with E-state index in [-0.39, 0.29) is 11.3 Å². The number of amides is 1. The number of para-hydroxylation sites is 1. The van der Waals surface area contributed by atoms with Crippen LogP contribution in [0.3, 0.4) is 0 Å². The zero-order valence-electron chi connectivity index (χ0n) is 16.9. The van der Waals surface area contributed by atoms with Gasteiger partial charge in [-0.25, -0.2) is 0 Å². The average Bonchev–Trinajstić information content (AvgIpc) is 2.73. The van der Waals surface area contributed by atoms with Crippen LogP contribution in [0.15, 0.2) is 48.5 Å². The van der Waals surface area contributed by atoms with Gasteiger partial charge in [0.25, 0.3) is 5.91 Å². The van der Waals surface area contributed by atoms with Crippen LogP contribution in [0.4, 0.5) is 5.69 Å². The van der Waals surface area contributed by atoms with Gasteiger partial charge in [-0.1, -0.05) is 24.3 Å². The maximum absolute atomic E-state index is 11.4. The van der Waals surface area contributed by atoms with Crippen molar-refractivity contribution in [1.82, 2.24) is 5.32 Å². The van der Waals surface area contributed by atoms with E-state index in [1.807, 2.05) is 6.07 Å². The molecule has 1 saturated carbocycles. The minimum Gasteiger partial charge on any atom is -0.507 e. The molecule has 1 aliphatic rings. The van der Waals surface area contributed by atoms with Gasteiger partial charge in [-0.15, -0.1) is 0 Å². The molecule has 0 radical (unpaired) electrons. The second kappa shape index (κ2) is 9.76. The van der Waals surface area contributed by atoms with E-state index in [4.69, 9.17) is 5.73 Å². The normalized spacial score (nSPS) is 20.2. The van der Waals surface area contributed by atoms with Gasteiger partial charge in [0.1, 0.15) is 5.75 Å². The van der Waals surface area contributed by atoms with Gasteiger partial charge >= 0.3 is 0 Å². The summed E-state index contributed by atoms with van der Waals surface area (Å²) >= 11 is 0. The summed E-state index contributed by atoms with van der Waals surface area (Å²) in [6, 6.07) is 15.3. The number of nitrogens with two attached hydrogens (primary N) is 1. The number of nitrogens with one attached hydrogen (secondary N) is 1. The quantitative estimate of drug-likeness (QED) is 0.549. The lowest BCUT2D eigenvalue weighted by atomic mass is 9.85. The molecule has 0 aliphatic heterocycles. The van der Waals surface area contributed by atoms with Crippen molar-refractivity contribution in [3.05, 3.63) is 59.7 Å². The summed E-state index contributed by atoms with van der Waals surface area (Å²) in [5.41, 5.74) is 7.11. The van der Waals surface area contributed by atoms with Gasteiger partial charge in [0.15, 0.2) is 0 Å². The summed E-state index contributed by atoms with van der Waals surface area (Å²) in [5.74, 6) is -0.193. The molecule has 156 valence electrons. The summed E-state index contributed by atoms with van der Waals surface area (Å²) in [5, 5.41) is 23.6. The van der Waals surface area contributed by atoms with E-state index in [0.717, 1.165) is 32.2 Å². The fourth-order valence-electron chi connectivity index (χ4n) is 4.08.